The molecule has 0 atom stereocenters. The number of rotatable bonds is 6. The number of likely N-dealkylation sites (N-methyl/N-ethyl adjacent to an activating group) is 2. The molecule has 0 fully saturated rings. The summed E-state index contributed by atoms with van der Waals surface area (Å²) < 4.78 is 0. The normalized spacial score (nSPS) is 10.0. The number of amides is 1. The molecular weight excluding hydrogens is 268 g/mol. The maximum absolute atomic E-state index is 12.1. The van der Waals surface area contributed by atoms with Crippen LogP contribution in [-0.2, 0) is 6.42 Å². The van der Waals surface area contributed by atoms with E-state index in [1.54, 1.807) is 16.2 Å². The quantitative estimate of drug-likeness (QED) is 0.874. The Morgan fingerprint density at radius 2 is 2.17 bits per heavy atom. The van der Waals surface area contributed by atoms with E-state index < -0.39 is 0 Å². The van der Waals surface area contributed by atoms with Crippen LogP contribution in [-0.4, -0.2) is 38.0 Å². The predicted molar refractivity (Wildman–Crippen MR) is 81.2 cm³/mol. The Bertz CT molecular complexity index is 379. The summed E-state index contributed by atoms with van der Waals surface area (Å²) in [6, 6.07) is 2.06. The van der Waals surface area contributed by atoms with Crippen molar-refractivity contribution in [3.8, 4) is 0 Å². The predicted octanol–water partition coefficient (Wildman–Crippen LogP) is 2.72. The molecule has 1 aromatic rings. The summed E-state index contributed by atoms with van der Waals surface area (Å²) in [5, 5.41) is 3.05. The SMILES string of the molecule is CCCc1cc(C(=O)N(C)CCNC)sc1C.Cl. The van der Waals surface area contributed by atoms with Crippen molar-refractivity contribution in [1.82, 2.24) is 10.2 Å². The molecule has 1 N–H and O–H groups in total. The summed E-state index contributed by atoms with van der Waals surface area (Å²) in [7, 11) is 3.75. The van der Waals surface area contributed by atoms with Crippen molar-refractivity contribution >= 4 is 29.7 Å². The molecule has 1 rings (SSSR count). The van der Waals surface area contributed by atoms with Crippen molar-refractivity contribution in [3.63, 3.8) is 0 Å². The van der Waals surface area contributed by atoms with Gasteiger partial charge in [-0.2, -0.15) is 0 Å². The lowest BCUT2D eigenvalue weighted by Gasteiger charge is -2.15. The van der Waals surface area contributed by atoms with Crippen molar-refractivity contribution < 1.29 is 4.79 Å². The molecule has 0 aliphatic carbocycles. The number of hydrogen-bond acceptors (Lipinski definition) is 3. The van der Waals surface area contributed by atoms with E-state index in [9.17, 15) is 4.79 Å². The second-order valence-electron chi connectivity index (χ2n) is 4.27. The molecule has 0 spiro atoms. The molecule has 0 saturated carbocycles. The Morgan fingerprint density at radius 1 is 1.50 bits per heavy atom. The lowest BCUT2D eigenvalue weighted by molar-refractivity contribution is 0.0801. The van der Waals surface area contributed by atoms with Crippen LogP contribution in [0.2, 0.25) is 0 Å². The Hall–Kier alpha value is -0.580. The number of carbonyl (C=O) groups excluding carboxylic acids is 1. The van der Waals surface area contributed by atoms with Crippen LogP contribution in [0.15, 0.2) is 6.07 Å². The second-order valence-corrected chi connectivity index (χ2v) is 5.53. The van der Waals surface area contributed by atoms with E-state index in [0.717, 1.165) is 30.8 Å². The van der Waals surface area contributed by atoms with Gasteiger partial charge in [0.1, 0.15) is 0 Å². The second kappa shape index (κ2) is 8.51. The zero-order chi connectivity index (χ0) is 12.8. The van der Waals surface area contributed by atoms with Gasteiger partial charge >= 0.3 is 0 Å². The average Bonchev–Trinajstić information content (AvgIpc) is 2.67. The average molecular weight is 291 g/mol. The minimum atomic E-state index is 0. The lowest BCUT2D eigenvalue weighted by Crippen LogP contribution is -2.32. The van der Waals surface area contributed by atoms with E-state index >= 15 is 0 Å². The zero-order valence-corrected chi connectivity index (χ0v) is 13.2. The fraction of sp³-hybridized carbons (Fsp3) is 0.615. The first-order valence-corrected chi connectivity index (χ1v) is 6.91. The number of thiophene rings is 1. The van der Waals surface area contributed by atoms with Gasteiger partial charge in [0, 0.05) is 25.0 Å². The van der Waals surface area contributed by atoms with Crippen LogP contribution in [0.25, 0.3) is 0 Å². The Morgan fingerprint density at radius 3 is 2.72 bits per heavy atom. The third-order valence-corrected chi connectivity index (χ3v) is 3.88. The van der Waals surface area contributed by atoms with E-state index in [1.165, 1.54) is 10.4 Å². The van der Waals surface area contributed by atoms with Gasteiger partial charge in [0.25, 0.3) is 5.91 Å². The smallest absolute Gasteiger partial charge is 0.263 e. The molecule has 0 aliphatic rings. The van der Waals surface area contributed by atoms with Gasteiger partial charge in [-0.05, 0) is 32.0 Å². The van der Waals surface area contributed by atoms with Gasteiger partial charge in [-0.15, -0.1) is 23.7 Å². The summed E-state index contributed by atoms with van der Waals surface area (Å²) in [6.45, 7) is 5.83. The highest BCUT2D eigenvalue weighted by Crippen LogP contribution is 2.23. The molecule has 0 unspecified atom stereocenters. The van der Waals surface area contributed by atoms with E-state index in [0.29, 0.717) is 0 Å². The minimum Gasteiger partial charge on any atom is -0.340 e. The Labute approximate surface area is 120 Å². The highest BCUT2D eigenvalue weighted by atomic mass is 35.5. The molecule has 0 saturated heterocycles. The van der Waals surface area contributed by atoms with E-state index in [-0.39, 0.29) is 18.3 Å². The Kier molecular flexibility index (Phi) is 8.24. The third kappa shape index (κ3) is 4.59. The van der Waals surface area contributed by atoms with Gasteiger partial charge in [-0.3, -0.25) is 4.79 Å². The molecule has 0 radical (unpaired) electrons. The van der Waals surface area contributed by atoms with Gasteiger partial charge in [-0.1, -0.05) is 13.3 Å². The topological polar surface area (TPSA) is 32.3 Å². The number of nitrogens with one attached hydrogen (secondary N) is 1. The van der Waals surface area contributed by atoms with Crippen molar-refractivity contribution in [3.05, 3.63) is 21.4 Å². The monoisotopic (exact) mass is 290 g/mol. The van der Waals surface area contributed by atoms with E-state index in [4.69, 9.17) is 0 Å². The number of carbonyl (C=O) groups is 1. The van der Waals surface area contributed by atoms with Crippen molar-refractivity contribution in [2.75, 3.05) is 27.2 Å². The minimum absolute atomic E-state index is 0. The van der Waals surface area contributed by atoms with Gasteiger partial charge in [0.2, 0.25) is 0 Å². The lowest BCUT2D eigenvalue weighted by atomic mass is 10.1. The van der Waals surface area contributed by atoms with Crippen LogP contribution in [0.1, 0.15) is 33.5 Å². The highest BCUT2D eigenvalue weighted by molar-refractivity contribution is 7.14. The third-order valence-electron chi connectivity index (χ3n) is 2.79. The number of halogens is 1. The fourth-order valence-electron chi connectivity index (χ4n) is 1.71. The summed E-state index contributed by atoms with van der Waals surface area (Å²) in [5.74, 6) is 0.135. The summed E-state index contributed by atoms with van der Waals surface area (Å²) in [5.41, 5.74) is 1.32. The van der Waals surface area contributed by atoms with E-state index in [1.807, 2.05) is 14.1 Å². The standard InChI is InChI=1S/C13H22N2OS.ClH/c1-5-6-11-9-12(17-10(11)2)13(16)15(4)8-7-14-3;/h9,14H,5-8H2,1-4H3;1H. The van der Waals surface area contributed by atoms with Crippen LogP contribution in [0, 0.1) is 6.92 Å². The van der Waals surface area contributed by atoms with Crippen molar-refractivity contribution in [1.29, 1.82) is 0 Å². The van der Waals surface area contributed by atoms with Gasteiger partial charge in [0.05, 0.1) is 4.88 Å². The molecule has 0 bridgehead atoms. The molecule has 3 nitrogen and oxygen atoms in total. The molecule has 1 amide bonds. The maximum Gasteiger partial charge on any atom is 0.263 e. The first kappa shape index (κ1) is 17.4. The van der Waals surface area contributed by atoms with Crippen LogP contribution in [0.3, 0.4) is 0 Å². The fourth-order valence-corrected chi connectivity index (χ4v) is 2.78. The molecule has 0 aliphatic heterocycles. The van der Waals surface area contributed by atoms with Crippen molar-refractivity contribution in [2.45, 2.75) is 26.7 Å². The molecular formula is C13H23ClN2OS. The van der Waals surface area contributed by atoms with Crippen LogP contribution < -0.4 is 5.32 Å². The number of nitrogens with zero attached hydrogens (tertiary/aromatic N) is 1. The maximum atomic E-state index is 12.1. The largest absolute Gasteiger partial charge is 0.340 e. The summed E-state index contributed by atoms with van der Waals surface area (Å²) in [6.07, 6.45) is 2.19. The van der Waals surface area contributed by atoms with Crippen LogP contribution in [0.4, 0.5) is 0 Å². The molecule has 0 aromatic carbocycles. The first-order chi connectivity index (χ1) is 8.10. The van der Waals surface area contributed by atoms with Crippen LogP contribution >= 0.6 is 23.7 Å². The Balaban J connectivity index is 0.00000289. The zero-order valence-electron chi connectivity index (χ0n) is 11.6. The van der Waals surface area contributed by atoms with Crippen molar-refractivity contribution in [2.24, 2.45) is 0 Å². The number of hydrogen-bond donors (Lipinski definition) is 1. The summed E-state index contributed by atoms with van der Waals surface area (Å²) in [4.78, 5) is 16.0. The van der Waals surface area contributed by atoms with E-state index in [2.05, 4.69) is 25.2 Å². The summed E-state index contributed by atoms with van der Waals surface area (Å²) >= 11 is 1.61. The molecule has 5 heteroatoms. The molecule has 1 heterocycles. The molecule has 18 heavy (non-hydrogen) atoms. The number of aryl methyl sites for hydroxylation is 2. The molecule has 1 aromatic heterocycles. The van der Waals surface area contributed by atoms with Crippen LogP contribution in [0.5, 0.6) is 0 Å². The highest BCUT2D eigenvalue weighted by Gasteiger charge is 2.15. The van der Waals surface area contributed by atoms with Gasteiger partial charge in [0.15, 0.2) is 0 Å². The first-order valence-electron chi connectivity index (χ1n) is 6.09. The molecule has 104 valence electrons. The van der Waals surface area contributed by atoms with Gasteiger partial charge in [-0.25, -0.2) is 0 Å². The van der Waals surface area contributed by atoms with Gasteiger partial charge < -0.3 is 10.2 Å².